The van der Waals surface area contributed by atoms with E-state index in [1.54, 1.807) is 6.07 Å². The normalized spacial score (nSPS) is 11.4. The van der Waals surface area contributed by atoms with E-state index in [0.29, 0.717) is 5.75 Å². The van der Waals surface area contributed by atoms with Crippen molar-refractivity contribution >= 4 is 5.78 Å². The maximum absolute atomic E-state index is 13.9. The number of rotatable bonds is 5. The lowest BCUT2D eigenvalue weighted by atomic mass is 9.80. The van der Waals surface area contributed by atoms with E-state index in [4.69, 9.17) is 4.74 Å². The molecule has 0 atom stereocenters. The Labute approximate surface area is 108 Å². The van der Waals surface area contributed by atoms with Gasteiger partial charge in [0.05, 0.1) is 12.7 Å². The molecule has 0 radical (unpaired) electrons. The highest BCUT2D eigenvalue weighted by molar-refractivity contribution is 5.98. The molecule has 0 aliphatic heterocycles. The second-order valence-electron chi connectivity index (χ2n) is 5.22. The van der Waals surface area contributed by atoms with Crippen LogP contribution in [-0.4, -0.2) is 12.9 Å². The van der Waals surface area contributed by atoms with Gasteiger partial charge in [-0.3, -0.25) is 4.79 Å². The molecule has 0 N–H and O–H groups in total. The molecule has 3 heteroatoms. The zero-order valence-electron chi connectivity index (χ0n) is 11.7. The van der Waals surface area contributed by atoms with Gasteiger partial charge in [-0.25, -0.2) is 4.39 Å². The van der Waals surface area contributed by atoms with Gasteiger partial charge in [-0.15, -0.1) is 0 Å². The Morgan fingerprint density at radius 3 is 2.11 bits per heavy atom. The summed E-state index contributed by atoms with van der Waals surface area (Å²) in [6, 6.07) is 4.38. The van der Waals surface area contributed by atoms with Crippen molar-refractivity contribution in [1.29, 1.82) is 0 Å². The number of hydrogen-bond donors (Lipinski definition) is 0. The second-order valence-corrected chi connectivity index (χ2v) is 5.22. The number of hydrogen-bond acceptors (Lipinski definition) is 2. The predicted molar refractivity (Wildman–Crippen MR) is 70.4 cm³/mol. The summed E-state index contributed by atoms with van der Waals surface area (Å²) in [5, 5.41) is 0. The molecule has 1 aromatic carbocycles. The van der Waals surface area contributed by atoms with Crippen LogP contribution in [0.5, 0.6) is 5.75 Å². The minimum atomic E-state index is -0.509. The Bertz CT molecular complexity index is 417. The van der Waals surface area contributed by atoms with Crippen LogP contribution < -0.4 is 4.74 Å². The van der Waals surface area contributed by atoms with Crippen LogP contribution in [0.25, 0.3) is 0 Å². The summed E-state index contributed by atoms with van der Waals surface area (Å²) in [5.41, 5.74) is 0.156. The van der Waals surface area contributed by atoms with Gasteiger partial charge in [-0.05, 0) is 24.0 Å². The van der Waals surface area contributed by atoms with E-state index in [1.807, 2.05) is 27.7 Å². The number of Topliss-reactive ketones (excluding diaryl/α,β-unsaturated/α-hetero) is 1. The van der Waals surface area contributed by atoms with Crippen LogP contribution in [0.4, 0.5) is 4.39 Å². The second kappa shape index (κ2) is 5.98. The van der Waals surface area contributed by atoms with Crippen LogP contribution in [0.1, 0.15) is 38.1 Å². The molecule has 0 spiro atoms. The molecule has 1 aromatic rings. The Morgan fingerprint density at radius 2 is 1.72 bits per heavy atom. The summed E-state index contributed by atoms with van der Waals surface area (Å²) in [6.07, 6.45) is 0. The summed E-state index contributed by atoms with van der Waals surface area (Å²) < 4.78 is 18.8. The molecule has 0 bridgehead atoms. The van der Waals surface area contributed by atoms with Crippen molar-refractivity contribution in [3.8, 4) is 5.75 Å². The van der Waals surface area contributed by atoms with Gasteiger partial charge in [0.1, 0.15) is 11.6 Å². The molecule has 0 heterocycles. The van der Waals surface area contributed by atoms with Gasteiger partial charge < -0.3 is 4.74 Å². The fraction of sp³-hybridized carbons (Fsp3) is 0.533. The van der Waals surface area contributed by atoms with Crippen molar-refractivity contribution in [2.75, 3.05) is 7.11 Å². The van der Waals surface area contributed by atoms with Crippen LogP contribution in [-0.2, 0) is 0 Å². The average Bonchev–Trinajstić information content (AvgIpc) is 2.27. The van der Waals surface area contributed by atoms with E-state index in [2.05, 4.69) is 0 Å². The minimum absolute atomic E-state index is 0.125. The number of halogens is 1. The summed E-state index contributed by atoms with van der Waals surface area (Å²) in [5.74, 6) is 0.0198. The van der Waals surface area contributed by atoms with Gasteiger partial charge in [0.15, 0.2) is 5.78 Å². The third-order valence-electron chi connectivity index (χ3n) is 3.18. The molecular weight excluding hydrogens is 231 g/mol. The Hall–Kier alpha value is -1.38. The first-order chi connectivity index (χ1) is 8.38. The van der Waals surface area contributed by atoms with Crippen molar-refractivity contribution in [2.24, 2.45) is 17.8 Å². The third-order valence-corrected chi connectivity index (χ3v) is 3.18. The van der Waals surface area contributed by atoms with Gasteiger partial charge in [0.25, 0.3) is 0 Å². The van der Waals surface area contributed by atoms with E-state index >= 15 is 0 Å². The lowest BCUT2D eigenvalue weighted by Gasteiger charge is -2.23. The number of benzene rings is 1. The first-order valence-electron chi connectivity index (χ1n) is 6.26. The minimum Gasteiger partial charge on any atom is -0.497 e. The number of carbonyl (C=O) groups is 1. The standard InChI is InChI=1S/C15H21FO2/c1-9(2)14(10(3)4)15(17)12-7-6-11(18-5)8-13(12)16/h6-10,14H,1-5H3. The van der Waals surface area contributed by atoms with Crippen LogP contribution in [0.3, 0.4) is 0 Å². The van der Waals surface area contributed by atoms with E-state index < -0.39 is 5.82 Å². The van der Waals surface area contributed by atoms with Gasteiger partial charge in [0.2, 0.25) is 0 Å². The van der Waals surface area contributed by atoms with Gasteiger partial charge in [-0.2, -0.15) is 0 Å². The molecule has 0 unspecified atom stereocenters. The van der Waals surface area contributed by atoms with Crippen molar-refractivity contribution < 1.29 is 13.9 Å². The highest BCUT2D eigenvalue weighted by Gasteiger charge is 2.28. The molecule has 0 saturated heterocycles. The number of ketones is 1. The van der Waals surface area contributed by atoms with Gasteiger partial charge in [0, 0.05) is 12.0 Å². The van der Waals surface area contributed by atoms with Gasteiger partial charge >= 0.3 is 0 Å². The number of ether oxygens (including phenoxy) is 1. The highest BCUT2D eigenvalue weighted by Crippen LogP contribution is 2.27. The zero-order valence-corrected chi connectivity index (χ0v) is 11.7. The summed E-state index contributed by atoms with van der Waals surface area (Å²) in [6.45, 7) is 7.96. The van der Waals surface area contributed by atoms with E-state index in [-0.39, 0.29) is 29.1 Å². The quantitative estimate of drug-likeness (QED) is 0.742. The maximum Gasteiger partial charge on any atom is 0.169 e. The Kier molecular flexibility index (Phi) is 4.88. The van der Waals surface area contributed by atoms with E-state index in [0.717, 1.165) is 0 Å². The molecule has 0 saturated carbocycles. The lowest BCUT2D eigenvalue weighted by molar-refractivity contribution is 0.0835. The molecule has 1 rings (SSSR count). The largest absolute Gasteiger partial charge is 0.497 e. The fourth-order valence-corrected chi connectivity index (χ4v) is 2.38. The maximum atomic E-state index is 13.9. The van der Waals surface area contributed by atoms with Crippen molar-refractivity contribution in [3.63, 3.8) is 0 Å². The predicted octanol–water partition coefficient (Wildman–Crippen LogP) is 3.95. The first-order valence-corrected chi connectivity index (χ1v) is 6.26. The molecule has 0 aliphatic carbocycles. The third kappa shape index (κ3) is 3.09. The molecule has 0 aromatic heterocycles. The van der Waals surface area contributed by atoms with Crippen molar-refractivity contribution in [1.82, 2.24) is 0 Å². The number of carbonyl (C=O) groups excluding carboxylic acids is 1. The van der Waals surface area contributed by atoms with E-state index in [9.17, 15) is 9.18 Å². The molecule has 100 valence electrons. The Balaban J connectivity index is 3.09. The van der Waals surface area contributed by atoms with Crippen molar-refractivity contribution in [2.45, 2.75) is 27.7 Å². The molecule has 18 heavy (non-hydrogen) atoms. The highest BCUT2D eigenvalue weighted by atomic mass is 19.1. The average molecular weight is 252 g/mol. The van der Waals surface area contributed by atoms with Crippen LogP contribution >= 0.6 is 0 Å². The molecule has 0 aliphatic rings. The smallest absolute Gasteiger partial charge is 0.169 e. The fourth-order valence-electron chi connectivity index (χ4n) is 2.38. The first kappa shape index (κ1) is 14.7. The van der Waals surface area contributed by atoms with E-state index in [1.165, 1.54) is 19.2 Å². The summed E-state index contributed by atoms with van der Waals surface area (Å²) >= 11 is 0. The molecular formula is C15H21FO2. The molecule has 0 amide bonds. The van der Waals surface area contributed by atoms with Crippen LogP contribution in [0.2, 0.25) is 0 Å². The van der Waals surface area contributed by atoms with Crippen molar-refractivity contribution in [3.05, 3.63) is 29.6 Å². The number of methoxy groups -OCH3 is 1. The van der Waals surface area contributed by atoms with Gasteiger partial charge in [-0.1, -0.05) is 27.7 Å². The SMILES string of the molecule is COc1ccc(C(=O)C(C(C)C)C(C)C)c(F)c1. The monoisotopic (exact) mass is 252 g/mol. The van der Waals surface area contributed by atoms with Crippen LogP contribution in [0.15, 0.2) is 18.2 Å². The topological polar surface area (TPSA) is 26.3 Å². The molecule has 2 nitrogen and oxygen atoms in total. The molecule has 0 fully saturated rings. The summed E-state index contributed by atoms with van der Waals surface area (Å²) in [7, 11) is 1.47. The Morgan fingerprint density at radius 1 is 1.17 bits per heavy atom. The lowest BCUT2D eigenvalue weighted by Crippen LogP contribution is -2.26. The summed E-state index contributed by atoms with van der Waals surface area (Å²) in [4.78, 5) is 12.4. The van der Waals surface area contributed by atoms with Crippen LogP contribution in [0, 0.1) is 23.6 Å². The zero-order chi connectivity index (χ0) is 13.9.